The van der Waals surface area contributed by atoms with Gasteiger partial charge in [-0.1, -0.05) is 36.4 Å². The van der Waals surface area contributed by atoms with E-state index in [0.717, 1.165) is 11.2 Å². The van der Waals surface area contributed by atoms with E-state index in [0.29, 0.717) is 0 Å². The van der Waals surface area contributed by atoms with Crippen LogP contribution in [0.25, 0.3) is 21.9 Å². The molecule has 0 spiro atoms. The maximum atomic E-state index is 5.65. The van der Waals surface area contributed by atoms with Gasteiger partial charge in [-0.2, -0.15) is 9.90 Å². The highest BCUT2D eigenvalue weighted by Crippen LogP contribution is 2.27. The van der Waals surface area contributed by atoms with E-state index >= 15 is 0 Å². The Morgan fingerprint density at radius 1 is 0.667 bits per heavy atom. The van der Waals surface area contributed by atoms with Gasteiger partial charge in [0.1, 0.15) is 11.2 Å². The van der Waals surface area contributed by atoms with Crippen LogP contribution in [0, 0.1) is 0 Å². The number of rotatable bonds is 0. The van der Waals surface area contributed by atoms with Crippen molar-refractivity contribution in [3.63, 3.8) is 0 Å². The summed E-state index contributed by atoms with van der Waals surface area (Å²) in [5.41, 5.74) is 1.92. The summed E-state index contributed by atoms with van der Waals surface area (Å²) < 4.78 is 5.65. The zero-order chi connectivity index (χ0) is 8.67. The first-order valence-electron chi connectivity index (χ1n) is 4.31. The monoisotopic (exact) mass is 220 g/mol. The molecule has 0 bridgehead atoms. The van der Waals surface area contributed by atoms with E-state index in [1.165, 1.54) is 10.8 Å². The number of fused-ring (bicyclic) bond motifs is 3. The summed E-state index contributed by atoms with van der Waals surface area (Å²) in [5, 5.41) is 2.39. The molecule has 0 radical (unpaired) electrons. The van der Waals surface area contributed by atoms with Gasteiger partial charge < -0.3 is 9.89 Å². The van der Waals surface area contributed by atoms with Crippen LogP contribution < -0.4 is 0 Å². The van der Waals surface area contributed by atoms with Crippen LogP contribution in [0.1, 0.15) is 0 Å². The predicted molar refractivity (Wildman–Crippen MR) is 68.4 cm³/mol. The molecule has 0 fully saturated rings. The van der Waals surface area contributed by atoms with Crippen molar-refractivity contribution >= 4 is 31.8 Å². The summed E-state index contributed by atoms with van der Waals surface area (Å²) in [6, 6.07) is 16.2. The number of para-hydroxylation sites is 2. The zero-order valence-electron chi connectivity index (χ0n) is 8.23. The van der Waals surface area contributed by atoms with Crippen molar-refractivity contribution < 1.29 is 9.89 Å². The van der Waals surface area contributed by atoms with Gasteiger partial charge in [0.05, 0.1) is 0 Å². The topological polar surface area (TPSA) is 44.6 Å². The van der Waals surface area contributed by atoms with Crippen LogP contribution in [-0.2, 0) is 0 Å². The van der Waals surface area contributed by atoms with Gasteiger partial charge in [-0.15, -0.1) is 0 Å². The molecule has 0 saturated heterocycles. The Kier molecular flexibility index (Phi) is 3.46. The lowest BCUT2D eigenvalue weighted by molar-refractivity contribution is 0.669. The highest BCUT2D eigenvalue weighted by Gasteiger charge is 2.03. The number of furan rings is 1. The Bertz CT molecular complexity index is 521. The number of benzene rings is 2. The third-order valence-corrected chi connectivity index (χ3v) is 2.28. The van der Waals surface area contributed by atoms with E-state index in [9.17, 15) is 0 Å². The minimum absolute atomic E-state index is 0. The zero-order valence-corrected chi connectivity index (χ0v) is 9.65. The highest BCUT2D eigenvalue weighted by molar-refractivity contribution is 6.92. The molecule has 3 aromatic rings. The SMILES string of the molecule is O.P.c1ccc2c(c1)oc1ccccc12. The molecule has 2 N–H and O–H groups in total. The molecule has 1 aromatic heterocycles. The van der Waals surface area contributed by atoms with Crippen LogP contribution in [0.15, 0.2) is 52.9 Å². The molecule has 1 atom stereocenters. The van der Waals surface area contributed by atoms with Gasteiger partial charge >= 0.3 is 0 Å². The lowest BCUT2D eigenvalue weighted by Crippen LogP contribution is -1.62. The molecule has 78 valence electrons. The summed E-state index contributed by atoms with van der Waals surface area (Å²) in [5.74, 6) is 0. The van der Waals surface area contributed by atoms with E-state index in [1.807, 2.05) is 36.4 Å². The standard InChI is InChI=1S/C12H8O.H2O.H3P/c1-3-7-11-9(5-1)10-6-2-4-8-12(10)13-11;;/h1-8H;1H2;1H3. The van der Waals surface area contributed by atoms with Crippen molar-refractivity contribution in [3.05, 3.63) is 48.5 Å². The van der Waals surface area contributed by atoms with Gasteiger partial charge in [-0.05, 0) is 12.1 Å². The van der Waals surface area contributed by atoms with E-state index < -0.39 is 0 Å². The molecule has 0 amide bonds. The van der Waals surface area contributed by atoms with E-state index in [1.54, 1.807) is 0 Å². The third kappa shape index (κ3) is 1.74. The van der Waals surface area contributed by atoms with Crippen molar-refractivity contribution in [3.8, 4) is 0 Å². The average Bonchev–Trinajstić information content (AvgIpc) is 2.56. The van der Waals surface area contributed by atoms with E-state index in [-0.39, 0.29) is 15.4 Å². The van der Waals surface area contributed by atoms with Gasteiger partial charge in [0.2, 0.25) is 0 Å². The molecule has 2 nitrogen and oxygen atoms in total. The van der Waals surface area contributed by atoms with Gasteiger partial charge in [0.15, 0.2) is 0 Å². The summed E-state index contributed by atoms with van der Waals surface area (Å²) in [7, 11) is 0. The van der Waals surface area contributed by atoms with E-state index in [2.05, 4.69) is 12.1 Å². The maximum Gasteiger partial charge on any atom is 0.135 e. The maximum absolute atomic E-state index is 5.65. The molecule has 0 aliphatic carbocycles. The summed E-state index contributed by atoms with van der Waals surface area (Å²) in [4.78, 5) is 0. The second kappa shape index (κ2) is 4.43. The quantitative estimate of drug-likeness (QED) is 0.537. The first-order chi connectivity index (χ1) is 6.45. The van der Waals surface area contributed by atoms with Crippen LogP contribution in [-0.4, -0.2) is 5.48 Å². The summed E-state index contributed by atoms with van der Waals surface area (Å²) in [6.45, 7) is 0. The molecule has 2 aromatic carbocycles. The van der Waals surface area contributed by atoms with Gasteiger partial charge in [-0.25, -0.2) is 0 Å². The molecule has 0 saturated carbocycles. The lowest BCUT2D eigenvalue weighted by Gasteiger charge is -1.85. The molecule has 3 heteroatoms. The summed E-state index contributed by atoms with van der Waals surface area (Å²) >= 11 is 0. The predicted octanol–water partition coefficient (Wildman–Crippen LogP) is 2.82. The molecular weight excluding hydrogens is 207 g/mol. The van der Waals surface area contributed by atoms with Crippen molar-refractivity contribution in [2.45, 2.75) is 0 Å². The Balaban J connectivity index is 0.000000562. The molecule has 0 aliphatic heterocycles. The van der Waals surface area contributed by atoms with Crippen LogP contribution in [0.5, 0.6) is 0 Å². The molecule has 3 rings (SSSR count). The molecule has 15 heavy (non-hydrogen) atoms. The molecule has 0 aliphatic rings. The van der Waals surface area contributed by atoms with Crippen LogP contribution >= 0.6 is 9.90 Å². The van der Waals surface area contributed by atoms with Crippen LogP contribution in [0.3, 0.4) is 0 Å². The summed E-state index contributed by atoms with van der Waals surface area (Å²) in [6.07, 6.45) is 0. The Labute approximate surface area is 90.8 Å². The first kappa shape index (κ1) is 11.7. The Morgan fingerprint density at radius 2 is 1.07 bits per heavy atom. The number of hydrogen-bond acceptors (Lipinski definition) is 1. The fourth-order valence-electron chi connectivity index (χ4n) is 1.67. The van der Waals surface area contributed by atoms with Crippen molar-refractivity contribution in [2.24, 2.45) is 0 Å². The normalized spacial score (nSPS) is 9.60. The highest BCUT2D eigenvalue weighted by atomic mass is 31.0. The van der Waals surface area contributed by atoms with Crippen molar-refractivity contribution in [1.29, 1.82) is 0 Å². The molecular formula is C12H13O2P. The van der Waals surface area contributed by atoms with Crippen LogP contribution in [0.2, 0.25) is 0 Å². The van der Waals surface area contributed by atoms with Crippen molar-refractivity contribution in [2.75, 3.05) is 0 Å². The van der Waals surface area contributed by atoms with E-state index in [4.69, 9.17) is 4.42 Å². The van der Waals surface area contributed by atoms with Gasteiger partial charge in [0, 0.05) is 10.8 Å². The second-order valence-corrected chi connectivity index (χ2v) is 3.09. The van der Waals surface area contributed by atoms with Gasteiger partial charge in [0.25, 0.3) is 0 Å². The Morgan fingerprint density at radius 3 is 1.53 bits per heavy atom. The first-order valence-corrected chi connectivity index (χ1v) is 4.31. The molecule has 1 heterocycles. The van der Waals surface area contributed by atoms with Crippen molar-refractivity contribution in [1.82, 2.24) is 0 Å². The second-order valence-electron chi connectivity index (χ2n) is 3.09. The minimum atomic E-state index is 0. The molecule has 1 unspecified atom stereocenters. The third-order valence-electron chi connectivity index (χ3n) is 2.28. The number of hydrogen-bond donors (Lipinski definition) is 0. The smallest absolute Gasteiger partial charge is 0.135 e. The largest absolute Gasteiger partial charge is 0.456 e. The fourth-order valence-corrected chi connectivity index (χ4v) is 1.67. The minimum Gasteiger partial charge on any atom is -0.456 e. The fraction of sp³-hybridized carbons (Fsp3) is 0. The van der Waals surface area contributed by atoms with Gasteiger partial charge in [-0.3, -0.25) is 0 Å². The average molecular weight is 220 g/mol. The lowest BCUT2D eigenvalue weighted by atomic mass is 10.2. The van der Waals surface area contributed by atoms with Crippen LogP contribution in [0.4, 0.5) is 0 Å². The Hall–Kier alpha value is -1.37.